The monoisotopic (exact) mass is 423 g/mol. The minimum atomic E-state index is 0.879. The third-order valence-corrected chi connectivity index (χ3v) is 5.73. The zero-order valence-electron chi connectivity index (χ0n) is 18.2. The summed E-state index contributed by atoms with van der Waals surface area (Å²) in [7, 11) is 4.13. The molecule has 0 aromatic heterocycles. The van der Waals surface area contributed by atoms with Crippen molar-refractivity contribution >= 4 is 34.8 Å². The second-order valence-electron chi connectivity index (χ2n) is 7.46. The van der Waals surface area contributed by atoms with Gasteiger partial charge >= 0.3 is 0 Å². The Morgan fingerprint density at radius 2 is 1.90 bits per heavy atom. The van der Waals surface area contributed by atoms with Crippen molar-refractivity contribution in [3.05, 3.63) is 65.1 Å². The number of aliphatic imine (C=N–C) groups is 1. The molecule has 5 nitrogen and oxygen atoms in total. The zero-order chi connectivity index (χ0) is 21.2. The van der Waals surface area contributed by atoms with E-state index in [1.54, 1.807) is 0 Å². The fourth-order valence-corrected chi connectivity index (χ4v) is 4.03. The predicted octanol–water partition coefficient (Wildman–Crippen LogP) is 4.40. The van der Waals surface area contributed by atoms with Crippen molar-refractivity contribution in [2.75, 3.05) is 49.7 Å². The quantitative estimate of drug-likeness (QED) is 0.522. The van der Waals surface area contributed by atoms with Gasteiger partial charge in [0, 0.05) is 56.6 Å². The summed E-state index contributed by atoms with van der Waals surface area (Å²) in [6.07, 6.45) is 2.15. The van der Waals surface area contributed by atoms with Crippen LogP contribution in [0.5, 0.6) is 0 Å². The number of guanidine groups is 1. The van der Waals surface area contributed by atoms with Crippen LogP contribution in [0.1, 0.15) is 24.5 Å². The maximum Gasteiger partial charge on any atom is 0.195 e. The molecule has 0 fully saturated rings. The molecule has 1 aliphatic heterocycles. The number of aryl methyl sites for hydroxylation is 1. The third kappa shape index (κ3) is 6.73. The van der Waals surface area contributed by atoms with Crippen LogP contribution in [0.4, 0.5) is 11.4 Å². The molecule has 0 bridgehead atoms. The fourth-order valence-electron chi connectivity index (χ4n) is 3.17. The average Bonchev–Trinajstić information content (AvgIpc) is 2.78. The second kappa shape index (κ2) is 11.6. The van der Waals surface area contributed by atoms with Gasteiger partial charge in [0.1, 0.15) is 0 Å². The van der Waals surface area contributed by atoms with Gasteiger partial charge in [0.25, 0.3) is 0 Å². The number of nitrogens with one attached hydrogen (secondary N) is 3. The van der Waals surface area contributed by atoms with E-state index in [-0.39, 0.29) is 0 Å². The summed E-state index contributed by atoms with van der Waals surface area (Å²) in [5, 5.41) is 12.4. The zero-order valence-corrected chi connectivity index (χ0v) is 19.1. The van der Waals surface area contributed by atoms with Gasteiger partial charge < -0.3 is 20.9 Å². The molecule has 160 valence electrons. The Morgan fingerprint density at radius 3 is 2.53 bits per heavy atom. The summed E-state index contributed by atoms with van der Waals surface area (Å²) in [5.74, 6) is 1.93. The highest BCUT2D eigenvalue weighted by Crippen LogP contribution is 2.21. The van der Waals surface area contributed by atoms with Crippen LogP contribution >= 0.6 is 11.8 Å². The molecule has 0 saturated heterocycles. The molecule has 3 rings (SSSR count). The lowest BCUT2D eigenvalue weighted by molar-refractivity contribution is 0.740. The normalized spacial score (nSPS) is 14.0. The fraction of sp³-hybridized carbons (Fsp3) is 0.375. The lowest BCUT2D eigenvalue weighted by Gasteiger charge is -2.16. The number of benzene rings is 2. The SMILES string of the molecule is CCN/C(=C\SCCc1ccc(NC2=NCCCN2)cc1)c1ccc(N(C)C)cc1. The maximum atomic E-state index is 4.45. The predicted molar refractivity (Wildman–Crippen MR) is 134 cm³/mol. The Kier molecular flexibility index (Phi) is 8.51. The van der Waals surface area contributed by atoms with E-state index in [0.29, 0.717) is 0 Å². The van der Waals surface area contributed by atoms with Crippen molar-refractivity contribution in [2.24, 2.45) is 4.99 Å². The molecule has 0 amide bonds. The van der Waals surface area contributed by atoms with Crippen LogP contribution in [0, 0.1) is 0 Å². The molecule has 0 unspecified atom stereocenters. The number of rotatable bonds is 9. The van der Waals surface area contributed by atoms with Gasteiger partial charge in [-0.2, -0.15) is 0 Å². The minimum absolute atomic E-state index is 0.879. The summed E-state index contributed by atoms with van der Waals surface area (Å²) >= 11 is 1.85. The van der Waals surface area contributed by atoms with E-state index in [1.165, 1.54) is 22.5 Å². The molecule has 1 heterocycles. The Balaban J connectivity index is 1.51. The minimum Gasteiger partial charge on any atom is -0.384 e. The number of hydrogen-bond acceptors (Lipinski definition) is 6. The number of hydrogen-bond donors (Lipinski definition) is 3. The van der Waals surface area contributed by atoms with Crippen LogP contribution < -0.4 is 20.9 Å². The molecule has 6 heteroatoms. The molecule has 0 radical (unpaired) electrons. The van der Waals surface area contributed by atoms with E-state index in [0.717, 1.165) is 49.9 Å². The highest BCUT2D eigenvalue weighted by atomic mass is 32.2. The van der Waals surface area contributed by atoms with Crippen molar-refractivity contribution in [3.8, 4) is 0 Å². The van der Waals surface area contributed by atoms with Crippen molar-refractivity contribution in [3.63, 3.8) is 0 Å². The highest BCUT2D eigenvalue weighted by Gasteiger charge is 2.05. The van der Waals surface area contributed by atoms with Gasteiger partial charge in [0.05, 0.1) is 0 Å². The molecule has 1 aliphatic rings. The standard InChI is InChI=1S/C24H33N5S/c1-4-25-23(20-8-12-22(13-9-20)29(2)3)18-30-17-14-19-6-10-21(11-7-19)28-24-26-15-5-16-27-24/h6-13,18,25H,4-5,14-17H2,1-3H3,(H2,26,27,28)/b23-18-. The van der Waals surface area contributed by atoms with Crippen LogP contribution in [-0.4, -0.2) is 45.4 Å². The molecule has 30 heavy (non-hydrogen) atoms. The molecule has 2 aromatic carbocycles. The number of thioether (sulfide) groups is 1. The number of nitrogens with zero attached hydrogens (tertiary/aromatic N) is 2. The summed E-state index contributed by atoms with van der Waals surface area (Å²) in [6, 6.07) is 17.3. The Labute approximate surface area is 185 Å². The first-order valence-electron chi connectivity index (χ1n) is 10.6. The van der Waals surface area contributed by atoms with Gasteiger partial charge in [-0.3, -0.25) is 4.99 Å². The van der Waals surface area contributed by atoms with E-state index < -0.39 is 0 Å². The van der Waals surface area contributed by atoms with Crippen LogP contribution in [0.15, 0.2) is 58.9 Å². The summed E-state index contributed by atoms with van der Waals surface area (Å²) < 4.78 is 0. The smallest absolute Gasteiger partial charge is 0.195 e. The van der Waals surface area contributed by atoms with Crippen molar-refractivity contribution in [1.29, 1.82) is 0 Å². The molecule has 0 atom stereocenters. The summed E-state index contributed by atoms with van der Waals surface area (Å²) in [4.78, 5) is 6.57. The van der Waals surface area contributed by atoms with Gasteiger partial charge in [0.2, 0.25) is 0 Å². The first kappa shape index (κ1) is 22.1. The topological polar surface area (TPSA) is 51.7 Å². The van der Waals surface area contributed by atoms with Gasteiger partial charge in [-0.15, -0.1) is 11.8 Å². The second-order valence-corrected chi connectivity index (χ2v) is 8.43. The molecule has 0 spiro atoms. The van der Waals surface area contributed by atoms with E-state index in [4.69, 9.17) is 0 Å². The first-order valence-corrected chi connectivity index (χ1v) is 11.7. The Bertz CT molecular complexity index is 841. The highest BCUT2D eigenvalue weighted by molar-refractivity contribution is 8.02. The Hall–Kier alpha value is -2.60. The van der Waals surface area contributed by atoms with Crippen LogP contribution in [0.2, 0.25) is 0 Å². The van der Waals surface area contributed by atoms with Gasteiger partial charge in [0.15, 0.2) is 5.96 Å². The van der Waals surface area contributed by atoms with Crippen LogP contribution in [0.3, 0.4) is 0 Å². The van der Waals surface area contributed by atoms with Crippen molar-refractivity contribution in [2.45, 2.75) is 19.8 Å². The van der Waals surface area contributed by atoms with Crippen LogP contribution in [-0.2, 0) is 6.42 Å². The van der Waals surface area contributed by atoms with Crippen LogP contribution in [0.25, 0.3) is 5.70 Å². The molecule has 0 aliphatic carbocycles. The number of anilines is 2. The van der Waals surface area contributed by atoms with Crippen molar-refractivity contribution in [1.82, 2.24) is 10.6 Å². The summed E-state index contributed by atoms with van der Waals surface area (Å²) in [6.45, 7) is 4.93. The van der Waals surface area contributed by atoms with Crippen molar-refractivity contribution < 1.29 is 0 Å². The first-order chi connectivity index (χ1) is 14.7. The molecular weight excluding hydrogens is 390 g/mol. The molecule has 2 aromatic rings. The van der Waals surface area contributed by atoms with Gasteiger partial charge in [-0.1, -0.05) is 24.3 Å². The Morgan fingerprint density at radius 1 is 1.13 bits per heavy atom. The average molecular weight is 424 g/mol. The van der Waals surface area contributed by atoms with Gasteiger partial charge in [-0.05, 0) is 60.6 Å². The van der Waals surface area contributed by atoms with E-state index in [9.17, 15) is 0 Å². The van der Waals surface area contributed by atoms with E-state index >= 15 is 0 Å². The lowest BCUT2D eigenvalue weighted by atomic mass is 10.1. The van der Waals surface area contributed by atoms with E-state index in [1.807, 2.05) is 11.8 Å². The maximum absolute atomic E-state index is 4.45. The van der Waals surface area contributed by atoms with E-state index in [2.05, 4.69) is 101 Å². The molecule has 3 N–H and O–H groups in total. The lowest BCUT2D eigenvalue weighted by Crippen LogP contribution is -2.35. The summed E-state index contributed by atoms with van der Waals surface area (Å²) in [5.41, 5.74) is 6.06. The molecule has 0 saturated carbocycles. The largest absolute Gasteiger partial charge is 0.384 e. The van der Waals surface area contributed by atoms with Gasteiger partial charge in [-0.25, -0.2) is 0 Å². The molecular formula is C24H33N5S. The third-order valence-electron chi connectivity index (χ3n) is 4.89.